The van der Waals surface area contributed by atoms with E-state index in [1.807, 2.05) is 6.92 Å². The van der Waals surface area contributed by atoms with E-state index in [4.69, 9.17) is 0 Å². The lowest BCUT2D eigenvalue weighted by atomic mass is 10.2. The molecule has 0 spiro atoms. The van der Waals surface area contributed by atoms with Crippen LogP contribution in [0.2, 0.25) is 0 Å². The third kappa shape index (κ3) is 3.06. The van der Waals surface area contributed by atoms with Crippen LogP contribution in [0.1, 0.15) is 31.7 Å². The van der Waals surface area contributed by atoms with Crippen molar-refractivity contribution in [2.45, 2.75) is 33.1 Å². The number of aromatic nitrogens is 1. The highest BCUT2D eigenvalue weighted by atomic mass is 16.2. The monoisotopic (exact) mass is 247 g/mol. The topological polar surface area (TPSA) is 71.1 Å². The number of nitrogens with zero attached hydrogens (tertiary/aromatic N) is 1. The van der Waals surface area contributed by atoms with E-state index in [0.29, 0.717) is 17.9 Å². The van der Waals surface area contributed by atoms with E-state index in [1.165, 1.54) is 0 Å². The first kappa shape index (κ1) is 12.5. The van der Waals surface area contributed by atoms with Gasteiger partial charge in [-0.1, -0.05) is 6.92 Å². The van der Waals surface area contributed by atoms with Crippen LogP contribution in [0.3, 0.4) is 0 Å². The lowest BCUT2D eigenvalue weighted by molar-refractivity contribution is -0.117. The summed E-state index contributed by atoms with van der Waals surface area (Å²) < 4.78 is 0. The molecule has 1 fully saturated rings. The highest BCUT2D eigenvalue weighted by Gasteiger charge is 2.29. The molecule has 2 rings (SSSR count). The molecule has 0 unspecified atom stereocenters. The van der Waals surface area contributed by atoms with E-state index in [9.17, 15) is 9.59 Å². The molecular formula is C13H17N3O2. The summed E-state index contributed by atoms with van der Waals surface area (Å²) in [6.45, 7) is 3.67. The summed E-state index contributed by atoms with van der Waals surface area (Å²) in [5.74, 6) is 0.687. The van der Waals surface area contributed by atoms with Crippen molar-refractivity contribution in [3.63, 3.8) is 0 Å². The molecule has 96 valence electrons. The number of anilines is 2. The maximum Gasteiger partial charge on any atom is 0.228 e. The van der Waals surface area contributed by atoms with Crippen molar-refractivity contribution in [1.29, 1.82) is 0 Å². The molecule has 2 amide bonds. The third-order valence-corrected chi connectivity index (χ3v) is 2.91. The predicted octanol–water partition coefficient (Wildman–Crippen LogP) is 2.09. The maximum atomic E-state index is 11.6. The summed E-state index contributed by atoms with van der Waals surface area (Å²) >= 11 is 0. The van der Waals surface area contributed by atoms with E-state index in [-0.39, 0.29) is 17.7 Å². The SMILES string of the molecule is CCC(=O)Nc1cnc(NC(=O)C2CC2)cc1C. The van der Waals surface area contributed by atoms with Gasteiger partial charge in [-0.15, -0.1) is 0 Å². The fourth-order valence-electron chi connectivity index (χ4n) is 1.57. The molecule has 0 atom stereocenters. The molecule has 0 aliphatic heterocycles. The zero-order valence-corrected chi connectivity index (χ0v) is 10.6. The first-order valence-electron chi connectivity index (χ1n) is 6.17. The zero-order valence-electron chi connectivity index (χ0n) is 10.6. The molecule has 1 heterocycles. The Balaban J connectivity index is 2.04. The van der Waals surface area contributed by atoms with Crippen LogP contribution in [0, 0.1) is 12.8 Å². The number of aryl methyl sites for hydroxylation is 1. The van der Waals surface area contributed by atoms with Gasteiger partial charge < -0.3 is 10.6 Å². The average molecular weight is 247 g/mol. The van der Waals surface area contributed by atoms with Gasteiger partial charge >= 0.3 is 0 Å². The number of hydrogen-bond acceptors (Lipinski definition) is 3. The Morgan fingerprint density at radius 2 is 2.11 bits per heavy atom. The number of carbonyl (C=O) groups is 2. The van der Waals surface area contributed by atoms with E-state index in [2.05, 4.69) is 15.6 Å². The standard InChI is InChI=1S/C13H17N3O2/c1-3-12(17)15-10-7-14-11(6-8(10)2)16-13(18)9-4-5-9/h6-7,9H,3-5H2,1-2H3,(H,15,17)(H,14,16,18). The van der Waals surface area contributed by atoms with E-state index in [1.54, 1.807) is 19.2 Å². The van der Waals surface area contributed by atoms with Crippen molar-refractivity contribution in [2.75, 3.05) is 10.6 Å². The van der Waals surface area contributed by atoms with Crippen LogP contribution in [-0.4, -0.2) is 16.8 Å². The van der Waals surface area contributed by atoms with Crippen molar-refractivity contribution >= 4 is 23.3 Å². The van der Waals surface area contributed by atoms with Crippen LogP contribution < -0.4 is 10.6 Å². The van der Waals surface area contributed by atoms with Crippen LogP contribution in [-0.2, 0) is 9.59 Å². The lowest BCUT2D eigenvalue weighted by Gasteiger charge is -2.09. The van der Waals surface area contributed by atoms with Gasteiger partial charge in [-0.05, 0) is 31.4 Å². The molecule has 1 aromatic heterocycles. The summed E-state index contributed by atoms with van der Waals surface area (Å²) in [5.41, 5.74) is 1.57. The molecule has 18 heavy (non-hydrogen) atoms. The van der Waals surface area contributed by atoms with Gasteiger partial charge in [0.1, 0.15) is 5.82 Å². The third-order valence-electron chi connectivity index (χ3n) is 2.91. The molecule has 5 heteroatoms. The molecule has 1 aromatic rings. The molecule has 0 bridgehead atoms. The summed E-state index contributed by atoms with van der Waals surface area (Å²) in [7, 11) is 0. The summed E-state index contributed by atoms with van der Waals surface area (Å²) in [6.07, 6.45) is 3.94. The first-order valence-corrected chi connectivity index (χ1v) is 6.17. The second kappa shape index (κ2) is 5.16. The first-order chi connectivity index (χ1) is 8.60. The molecule has 5 nitrogen and oxygen atoms in total. The number of hydrogen-bond donors (Lipinski definition) is 2. The van der Waals surface area contributed by atoms with Crippen molar-refractivity contribution < 1.29 is 9.59 Å². The molecule has 0 radical (unpaired) electrons. The van der Waals surface area contributed by atoms with Crippen molar-refractivity contribution in [3.8, 4) is 0 Å². The molecule has 0 saturated heterocycles. The fraction of sp³-hybridized carbons (Fsp3) is 0.462. The Bertz CT molecular complexity index is 481. The molecule has 0 aromatic carbocycles. The van der Waals surface area contributed by atoms with Crippen LogP contribution in [0.5, 0.6) is 0 Å². The highest BCUT2D eigenvalue weighted by Crippen LogP contribution is 2.30. The fourth-order valence-corrected chi connectivity index (χ4v) is 1.57. The number of rotatable bonds is 4. The van der Waals surface area contributed by atoms with E-state index < -0.39 is 0 Å². The average Bonchev–Trinajstić information content (AvgIpc) is 3.16. The second-order valence-electron chi connectivity index (χ2n) is 4.55. The van der Waals surface area contributed by atoms with Crippen LogP contribution >= 0.6 is 0 Å². The van der Waals surface area contributed by atoms with Gasteiger partial charge in [0.15, 0.2) is 0 Å². The highest BCUT2D eigenvalue weighted by molar-refractivity contribution is 5.94. The van der Waals surface area contributed by atoms with Gasteiger partial charge in [-0.3, -0.25) is 9.59 Å². The number of amides is 2. The molecule has 1 saturated carbocycles. The predicted molar refractivity (Wildman–Crippen MR) is 69.2 cm³/mol. The Morgan fingerprint density at radius 3 is 2.67 bits per heavy atom. The summed E-state index contributed by atoms with van der Waals surface area (Å²) in [5, 5.41) is 5.54. The molecular weight excluding hydrogens is 230 g/mol. The van der Waals surface area contributed by atoms with Crippen LogP contribution in [0.25, 0.3) is 0 Å². The Hall–Kier alpha value is -1.91. The minimum Gasteiger partial charge on any atom is -0.325 e. The van der Waals surface area contributed by atoms with Crippen molar-refractivity contribution in [1.82, 2.24) is 4.98 Å². The minimum atomic E-state index is -0.0466. The minimum absolute atomic E-state index is 0.0345. The van der Waals surface area contributed by atoms with Gasteiger partial charge in [0.2, 0.25) is 11.8 Å². The van der Waals surface area contributed by atoms with E-state index >= 15 is 0 Å². The number of pyridine rings is 1. The Labute approximate surface area is 106 Å². The normalized spacial score (nSPS) is 14.1. The van der Waals surface area contributed by atoms with Gasteiger partial charge in [-0.2, -0.15) is 0 Å². The molecule has 2 N–H and O–H groups in total. The smallest absolute Gasteiger partial charge is 0.228 e. The summed E-state index contributed by atoms with van der Waals surface area (Å²) in [6, 6.07) is 1.77. The van der Waals surface area contributed by atoms with Crippen LogP contribution in [0.4, 0.5) is 11.5 Å². The Kier molecular flexibility index (Phi) is 3.60. The lowest BCUT2D eigenvalue weighted by Crippen LogP contribution is -2.15. The van der Waals surface area contributed by atoms with Gasteiger partial charge in [-0.25, -0.2) is 4.98 Å². The zero-order chi connectivity index (χ0) is 13.1. The maximum absolute atomic E-state index is 11.6. The largest absolute Gasteiger partial charge is 0.325 e. The van der Waals surface area contributed by atoms with Gasteiger partial charge in [0.25, 0.3) is 0 Å². The van der Waals surface area contributed by atoms with Crippen molar-refractivity contribution in [3.05, 3.63) is 17.8 Å². The summed E-state index contributed by atoms with van der Waals surface area (Å²) in [4.78, 5) is 27.0. The van der Waals surface area contributed by atoms with Gasteiger partial charge in [0, 0.05) is 12.3 Å². The number of carbonyl (C=O) groups excluding carboxylic acids is 2. The quantitative estimate of drug-likeness (QED) is 0.855. The van der Waals surface area contributed by atoms with E-state index in [0.717, 1.165) is 18.4 Å². The Morgan fingerprint density at radius 1 is 1.39 bits per heavy atom. The number of nitrogens with one attached hydrogen (secondary N) is 2. The van der Waals surface area contributed by atoms with Crippen LogP contribution in [0.15, 0.2) is 12.3 Å². The van der Waals surface area contributed by atoms with Gasteiger partial charge in [0.05, 0.1) is 11.9 Å². The molecule has 1 aliphatic carbocycles. The van der Waals surface area contributed by atoms with Crippen molar-refractivity contribution in [2.24, 2.45) is 5.92 Å². The second-order valence-corrected chi connectivity index (χ2v) is 4.55. The molecule has 1 aliphatic rings.